The fourth-order valence-electron chi connectivity index (χ4n) is 1.43. The zero-order valence-corrected chi connectivity index (χ0v) is 11.4. The summed E-state index contributed by atoms with van der Waals surface area (Å²) in [6, 6.07) is 7.51. The second-order valence-corrected chi connectivity index (χ2v) is 4.78. The van der Waals surface area contributed by atoms with Gasteiger partial charge in [-0.1, -0.05) is 12.1 Å². The minimum atomic E-state index is -1.40. The van der Waals surface area contributed by atoms with Gasteiger partial charge in [-0.25, -0.2) is 0 Å². The topological polar surface area (TPSA) is 75.6 Å². The van der Waals surface area contributed by atoms with Crippen molar-refractivity contribution in [1.82, 2.24) is 5.32 Å². The number of carbonyl (C=O) groups is 2. The molecule has 0 saturated heterocycles. The first-order valence-corrected chi connectivity index (χ1v) is 6.02. The average Bonchev–Trinajstić information content (AvgIpc) is 2.39. The van der Waals surface area contributed by atoms with Crippen molar-refractivity contribution in [1.29, 1.82) is 0 Å². The van der Waals surface area contributed by atoms with E-state index in [0.717, 1.165) is 11.3 Å². The van der Waals surface area contributed by atoms with E-state index in [-0.39, 0.29) is 0 Å². The number of carboxylic acid groups (broad SMARTS) is 1. The molecule has 0 atom stereocenters. The molecule has 0 bridgehead atoms. The lowest BCUT2D eigenvalue weighted by atomic mass is 9.92. The molecule has 0 saturated carbocycles. The van der Waals surface area contributed by atoms with Gasteiger partial charge in [0, 0.05) is 6.54 Å². The van der Waals surface area contributed by atoms with Crippen LogP contribution >= 0.6 is 0 Å². The molecule has 19 heavy (non-hydrogen) atoms. The Morgan fingerprint density at radius 2 is 1.84 bits per heavy atom. The Bertz CT molecular complexity index is 451. The fraction of sp³-hybridized carbons (Fsp3) is 0.429. The minimum Gasteiger partial charge on any atom is -0.497 e. The molecule has 0 spiro atoms. The van der Waals surface area contributed by atoms with Crippen molar-refractivity contribution < 1.29 is 19.4 Å². The highest BCUT2D eigenvalue weighted by atomic mass is 16.5. The number of rotatable bonds is 6. The molecule has 0 aromatic heterocycles. The number of hydrogen-bond donors (Lipinski definition) is 2. The molecular weight excluding hydrogens is 246 g/mol. The van der Waals surface area contributed by atoms with E-state index in [1.54, 1.807) is 7.11 Å². The van der Waals surface area contributed by atoms with Crippen molar-refractivity contribution in [3.63, 3.8) is 0 Å². The normalized spacial score (nSPS) is 10.9. The Morgan fingerprint density at radius 1 is 1.26 bits per heavy atom. The third-order valence-electron chi connectivity index (χ3n) is 2.96. The summed E-state index contributed by atoms with van der Waals surface area (Å²) in [4.78, 5) is 22.6. The van der Waals surface area contributed by atoms with Crippen LogP contribution in [-0.2, 0) is 16.0 Å². The molecule has 0 aliphatic carbocycles. The first-order valence-electron chi connectivity index (χ1n) is 6.02. The second kappa shape index (κ2) is 6.22. The van der Waals surface area contributed by atoms with Crippen LogP contribution in [0.1, 0.15) is 19.4 Å². The fourth-order valence-corrected chi connectivity index (χ4v) is 1.43. The van der Waals surface area contributed by atoms with E-state index in [9.17, 15) is 9.59 Å². The number of nitrogens with one attached hydrogen (secondary N) is 1. The van der Waals surface area contributed by atoms with Gasteiger partial charge in [-0.2, -0.15) is 0 Å². The molecule has 0 heterocycles. The summed E-state index contributed by atoms with van der Waals surface area (Å²) < 4.78 is 5.05. The van der Waals surface area contributed by atoms with E-state index in [2.05, 4.69) is 5.32 Å². The number of hydrogen-bond acceptors (Lipinski definition) is 3. The van der Waals surface area contributed by atoms with Crippen molar-refractivity contribution in [2.24, 2.45) is 5.41 Å². The van der Waals surface area contributed by atoms with E-state index < -0.39 is 17.3 Å². The molecule has 1 aromatic carbocycles. The molecule has 1 aromatic rings. The maximum Gasteiger partial charge on any atom is 0.318 e. The first-order chi connectivity index (χ1) is 8.87. The van der Waals surface area contributed by atoms with Crippen LogP contribution in [0.4, 0.5) is 0 Å². The van der Waals surface area contributed by atoms with Gasteiger partial charge < -0.3 is 15.2 Å². The van der Waals surface area contributed by atoms with Gasteiger partial charge >= 0.3 is 5.97 Å². The summed E-state index contributed by atoms with van der Waals surface area (Å²) in [5.41, 5.74) is -0.353. The Balaban J connectivity index is 2.45. The van der Waals surface area contributed by atoms with Gasteiger partial charge in [0.2, 0.25) is 5.91 Å². The van der Waals surface area contributed by atoms with E-state index in [4.69, 9.17) is 9.84 Å². The molecule has 0 unspecified atom stereocenters. The van der Waals surface area contributed by atoms with Crippen molar-refractivity contribution in [2.45, 2.75) is 20.3 Å². The van der Waals surface area contributed by atoms with Crippen LogP contribution in [0.15, 0.2) is 24.3 Å². The zero-order chi connectivity index (χ0) is 14.5. The van der Waals surface area contributed by atoms with E-state index in [1.807, 2.05) is 24.3 Å². The number of carbonyl (C=O) groups excluding carboxylic acids is 1. The number of carboxylic acids is 1. The molecule has 104 valence electrons. The van der Waals surface area contributed by atoms with Crippen LogP contribution in [0.2, 0.25) is 0 Å². The van der Waals surface area contributed by atoms with Gasteiger partial charge in [0.15, 0.2) is 0 Å². The summed E-state index contributed by atoms with van der Waals surface area (Å²) >= 11 is 0. The van der Waals surface area contributed by atoms with Crippen molar-refractivity contribution in [2.75, 3.05) is 13.7 Å². The van der Waals surface area contributed by atoms with Crippen LogP contribution in [0.3, 0.4) is 0 Å². The van der Waals surface area contributed by atoms with Crippen LogP contribution in [-0.4, -0.2) is 30.6 Å². The smallest absolute Gasteiger partial charge is 0.318 e. The molecule has 5 nitrogen and oxygen atoms in total. The summed E-state index contributed by atoms with van der Waals surface area (Å²) in [7, 11) is 1.60. The summed E-state index contributed by atoms with van der Waals surface area (Å²) in [5, 5.41) is 11.5. The minimum absolute atomic E-state index is 0.405. The summed E-state index contributed by atoms with van der Waals surface area (Å²) in [6.07, 6.45) is 0.644. The Labute approximate surface area is 112 Å². The lowest BCUT2D eigenvalue weighted by Crippen LogP contribution is -2.42. The number of amides is 1. The van der Waals surface area contributed by atoms with Crippen LogP contribution < -0.4 is 10.1 Å². The van der Waals surface area contributed by atoms with Gasteiger partial charge in [-0.05, 0) is 38.0 Å². The highest BCUT2D eigenvalue weighted by Crippen LogP contribution is 2.15. The Hall–Kier alpha value is -2.04. The molecule has 0 fully saturated rings. The lowest BCUT2D eigenvalue weighted by Gasteiger charge is -2.18. The van der Waals surface area contributed by atoms with E-state index >= 15 is 0 Å². The monoisotopic (exact) mass is 265 g/mol. The molecule has 5 heteroatoms. The highest BCUT2D eigenvalue weighted by molar-refractivity contribution is 6.00. The average molecular weight is 265 g/mol. The van der Waals surface area contributed by atoms with Gasteiger partial charge in [-0.15, -0.1) is 0 Å². The van der Waals surface area contributed by atoms with Crippen LogP contribution in [0, 0.1) is 5.41 Å². The van der Waals surface area contributed by atoms with Crippen molar-refractivity contribution in [3.8, 4) is 5.75 Å². The maximum atomic E-state index is 11.7. The zero-order valence-electron chi connectivity index (χ0n) is 11.4. The maximum absolute atomic E-state index is 11.7. The van der Waals surface area contributed by atoms with Crippen molar-refractivity contribution >= 4 is 11.9 Å². The van der Waals surface area contributed by atoms with Crippen LogP contribution in [0.25, 0.3) is 0 Å². The largest absolute Gasteiger partial charge is 0.497 e. The Kier molecular flexibility index (Phi) is 4.92. The number of methoxy groups -OCH3 is 1. The lowest BCUT2D eigenvalue weighted by molar-refractivity contribution is -0.153. The van der Waals surface area contributed by atoms with Gasteiger partial charge in [0.25, 0.3) is 0 Å². The van der Waals surface area contributed by atoms with Crippen molar-refractivity contribution in [3.05, 3.63) is 29.8 Å². The Morgan fingerprint density at radius 3 is 2.32 bits per heavy atom. The SMILES string of the molecule is COc1ccc(CCNC(=O)C(C)(C)C(=O)O)cc1. The second-order valence-electron chi connectivity index (χ2n) is 4.78. The summed E-state index contributed by atoms with van der Waals surface area (Å²) in [6.45, 7) is 3.18. The molecular formula is C14H19NO4. The molecule has 1 rings (SSSR count). The molecule has 0 aliphatic heterocycles. The molecule has 0 radical (unpaired) electrons. The van der Waals surface area contributed by atoms with Gasteiger partial charge in [0.05, 0.1) is 7.11 Å². The molecule has 1 amide bonds. The molecule has 0 aliphatic rings. The van der Waals surface area contributed by atoms with E-state index in [1.165, 1.54) is 13.8 Å². The standard InChI is InChI=1S/C14H19NO4/c1-14(2,13(17)18)12(16)15-9-8-10-4-6-11(19-3)7-5-10/h4-7H,8-9H2,1-3H3,(H,15,16)(H,17,18). The number of benzene rings is 1. The third-order valence-corrected chi connectivity index (χ3v) is 2.96. The molecule has 2 N–H and O–H groups in total. The quantitative estimate of drug-likeness (QED) is 0.764. The predicted molar refractivity (Wildman–Crippen MR) is 71.1 cm³/mol. The summed E-state index contributed by atoms with van der Waals surface area (Å²) in [5.74, 6) is -0.831. The third kappa shape index (κ3) is 3.98. The van der Waals surface area contributed by atoms with Crippen LogP contribution in [0.5, 0.6) is 5.75 Å². The number of ether oxygens (including phenoxy) is 1. The van der Waals surface area contributed by atoms with Gasteiger partial charge in [-0.3, -0.25) is 9.59 Å². The van der Waals surface area contributed by atoms with Gasteiger partial charge in [0.1, 0.15) is 11.2 Å². The number of aliphatic carboxylic acids is 1. The predicted octanol–water partition coefficient (Wildman–Crippen LogP) is 1.46. The highest BCUT2D eigenvalue weighted by Gasteiger charge is 2.35. The first kappa shape index (κ1) is 15.0. The van der Waals surface area contributed by atoms with E-state index in [0.29, 0.717) is 13.0 Å².